The summed E-state index contributed by atoms with van der Waals surface area (Å²) in [6.07, 6.45) is 2.17. The molecule has 15 heavy (non-hydrogen) atoms. The van der Waals surface area contributed by atoms with E-state index < -0.39 is 0 Å². The van der Waals surface area contributed by atoms with Gasteiger partial charge in [-0.3, -0.25) is 0 Å². The number of nitrogens with one attached hydrogen (secondary N) is 1. The van der Waals surface area contributed by atoms with E-state index in [9.17, 15) is 0 Å². The molecule has 0 saturated heterocycles. The number of nitrogens with two attached hydrogens (primary N) is 1. The van der Waals surface area contributed by atoms with Gasteiger partial charge in [0.2, 0.25) is 0 Å². The van der Waals surface area contributed by atoms with Crippen LogP contribution in [0.3, 0.4) is 0 Å². The van der Waals surface area contributed by atoms with Crippen molar-refractivity contribution in [2.75, 3.05) is 17.6 Å². The molecule has 1 spiro atoms. The summed E-state index contributed by atoms with van der Waals surface area (Å²) in [5, 5.41) is 3.28. The van der Waals surface area contributed by atoms with E-state index in [1.54, 1.807) is 12.1 Å². The number of nitrogen functional groups attached to an aromatic ring is 1. The number of hydrogen-bond donors (Lipinski definition) is 2. The largest absolute Gasteiger partial charge is 0.485 e. The minimum Gasteiger partial charge on any atom is -0.485 e. The first-order chi connectivity index (χ1) is 7.22. The molecule has 3 rings (SSSR count). The van der Waals surface area contributed by atoms with Gasteiger partial charge in [-0.05, 0) is 25.0 Å². The molecule has 0 amide bonds. The number of hydrogen-bond acceptors (Lipinski definition) is 3. The Labute approximate surface area is 87.9 Å². The first-order valence-corrected chi connectivity index (χ1v) is 4.96. The van der Waals surface area contributed by atoms with Gasteiger partial charge in [0.25, 0.3) is 0 Å². The summed E-state index contributed by atoms with van der Waals surface area (Å²) in [6, 6.07) is 3.43. The van der Waals surface area contributed by atoms with E-state index in [0.717, 1.165) is 30.8 Å². The van der Waals surface area contributed by atoms with Crippen LogP contribution in [-0.4, -0.2) is 12.1 Å². The van der Waals surface area contributed by atoms with Gasteiger partial charge >= 0.3 is 0 Å². The maximum Gasteiger partial charge on any atom is 0.193 e. The van der Waals surface area contributed by atoms with Crippen molar-refractivity contribution in [1.82, 2.24) is 0 Å². The first-order valence-electron chi connectivity index (χ1n) is 4.96. The zero-order chi connectivity index (χ0) is 10.5. The second kappa shape index (κ2) is 2.57. The van der Waals surface area contributed by atoms with Crippen LogP contribution >= 0.6 is 0 Å². The Morgan fingerprint density at radius 2 is 2.27 bits per heavy atom. The first kappa shape index (κ1) is 8.42. The third-order valence-electron chi connectivity index (χ3n) is 2.97. The predicted molar refractivity (Wildman–Crippen MR) is 58.2 cm³/mol. The quantitative estimate of drug-likeness (QED) is 0.499. The maximum atomic E-state index is 6.97. The van der Waals surface area contributed by atoms with Crippen molar-refractivity contribution in [3.8, 4) is 5.75 Å². The molecule has 0 atom stereocenters. The number of ether oxygens (including phenoxy) is 1. The standard InChI is InChI=1S/C11H11N3O/c1-13-7-4-8(12)10-9(5-7)15-11(2-3-11)6-14-10/h4-5,14H,2-3,6,12H2. The van der Waals surface area contributed by atoms with E-state index in [4.69, 9.17) is 17.0 Å². The highest BCUT2D eigenvalue weighted by atomic mass is 16.5. The summed E-state index contributed by atoms with van der Waals surface area (Å²) in [4.78, 5) is 3.37. The van der Waals surface area contributed by atoms with Gasteiger partial charge in [0, 0.05) is 5.69 Å². The van der Waals surface area contributed by atoms with E-state index in [1.807, 2.05) is 0 Å². The Morgan fingerprint density at radius 3 is 2.93 bits per heavy atom. The van der Waals surface area contributed by atoms with Crippen LogP contribution in [0.1, 0.15) is 12.8 Å². The monoisotopic (exact) mass is 201 g/mol. The smallest absolute Gasteiger partial charge is 0.193 e. The molecule has 4 heteroatoms. The van der Waals surface area contributed by atoms with Crippen LogP contribution in [0.2, 0.25) is 0 Å². The molecule has 0 unspecified atom stereocenters. The van der Waals surface area contributed by atoms with Crippen LogP contribution < -0.4 is 15.8 Å². The normalized spacial score (nSPS) is 19.7. The molecule has 76 valence electrons. The Morgan fingerprint density at radius 1 is 1.47 bits per heavy atom. The topological polar surface area (TPSA) is 51.6 Å². The third kappa shape index (κ3) is 1.20. The van der Waals surface area contributed by atoms with Gasteiger partial charge in [-0.15, -0.1) is 0 Å². The molecule has 1 aliphatic carbocycles. The summed E-state index contributed by atoms with van der Waals surface area (Å²) in [5.74, 6) is 0.727. The van der Waals surface area contributed by atoms with Crippen LogP contribution in [0.5, 0.6) is 5.75 Å². The van der Waals surface area contributed by atoms with Gasteiger partial charge in [0.15, 0.2) is 5.69 Å². The van der Waals surface area contributed by atoms with E-state index in [2.05, 4.69) is 10.2 Å². The number of benzene rings is 1. The lowest BCUT2D eigenvalue weighted by Crippen LogP contribution is -2.32. The second-order valence-electron chi connectivity index (χ2n) is 4.16. The number of fused-ring (bicyclic) bond motifs is 1. The molecule has 1 aliphatic heterocycles. The van der Waals surface area contributed by atoms with Crippen molar-refractivity contribution in [2.24, 2.45) is 0 Å². The zero-order valence-electron chi connectivity index (χ0n) is 8.21. The van der Waals surface area contributed by atoms with Crippen LogP contribution in [0.15, 0.2) is 12.1 Å². The number of anilines is 2. The van der Waals surface area contributed by atoms with Crippen molar-refractivity contribution < 1.29 is 4.74 Å². The molecule has 0 aromatic heterocycles. The lowest BCUT2D eigenvalue weighted by Gasteiger charge is -2.28. The average Bonchev–Trinajstić information content (AvgIpc) is 2.97. The minimum atomic E-state index is -0.0138. The second-order valence-corrected chi connectivity index (χ2v) is 4.16. The minimum absolute atomic E-state index is 0.0138. The highest BCUT2D eigenvalue weighted by Gasteiger charge is 2.48. The zero-order valence-corrected chi connectivity index (χ0v) is 8.21. The Bertz CT molecular complexity index is 471. The van der Waals surface area contributed by atoms with E-state index in [-0.39, 0.29) is 5.60 Å². The fourth-order valence-corrected chi connectivity index (χ4v) is 1.89. The highest BCUT2D eigenvalue weighted by Crippen LogP contribution is 2.48. The van der Waals surface area contributed by atoms with Crippen LogP contribution in [0.25, 0.3) is 4.85 Å². The fraction of sp³-hybridized carbons (Fsp3) is 0.364. The Kier molecular flexibility index (Phi) is 1.44. The van der Waals surface area contributed by atoms with Crippen molar-refractivity contribution in [2.45, 2.75) is 18.4 Å². The summed E-state index contributed by atoms with van der Waals surface area (Å²) >= 11 is 0. The number of rotatable bonds is 0. The molecule has 1 saturated carbocycles. The van der Waals surface area contributed by atoms with E-state index in [0.29, 0.717) is 11.4 Å². The van der Waals surface area contributed by atoms with Crippen LogP contribution in [0.4, 0.5) is 17.1 Å². The van der Waals surface area contributed by atoms with Crippen molar-refractivity contribution in [3.05, 3.63) is 23.5 Å². The maximum absolute atomic E-state index is 6.97. The molecular weight excluding hydrogens is 190 g/mol. The predicted octanol–water partition coefficient (Wildman–Crippen LogP) is 2.16. The van der Waals surface area contributed by atoms with Crippen LogP contribution in [-0.2, 0) is 0 Å². The van der Waals surface area contributed by atoms with Gasteiger partial charge in [-0.2, -0.15) is 0 Å². The lowest BCUT2D eigenvalue weighted by molar-refractivity contribution is 0.184. The highest BCUT2D eigenvalue weighted by molar-refractivity contribution is 5.80. The molecule has 1 heterocycles. The third-order valence-corrected chi connectivity index (χ3v) is 2.97. The molecular formula is C11H11N3O. The molecule has 2 aliphatic rings. The summed E-state index contributed by atoms with van der Waals surface area (Å²) in [5.41, 5.74) is 7.79. The fourth-order valence-electron chi connectivity index (χ4n) is 1.89. The van der Waals surface area contributed by atoms with Crippen LogP contribution in [0, 0.1) is 6.57 Å². The van der Waals surface area contributed by atoms with Crippen molar-refractivity contribution in [3.63, 3.8) is 0 Å². The Balaban J connectivity index is 2.08. The lowest BCUT2D eigenvalue weighted by atomic mass is 10.1. The summed E-state index contributed by atoms with van der Waals surface area (Å²) in [7, 11) is 0. The van der Waals surface area contributed by atoms with E-state index in [1.165, 1.54) is 0 Å². The summed E-state index contributed by atoms with van der Waals surface area (Å²) in [6.45, 7) is 7.79. The van der Waals surface area contributed by atoms with E-state index >= 15 is 0 Å². The van der Waals surface area contributed by atoms with Gasteiger partial charge in [0.1, 0.15) is 11.4 Å². The molecule has 0 bridgehead atoms. The molecule has 1 fully saturated rings. The molecule has 1 aromatic carbocycles. The van der Waals surface area contributed by atoms with Gasteiger partial charge in [0.05, 0.1) is 18.8 Å². The summed E-state index contributed by atoms with van der Waals surface area (Å²) < 4.78 is 5.87. The van der Waals surface area contributed by atoms with Gasteiger partial charge in [-0.25, -0.2) is 4.85 Å². The molecule has 1 aromatic rings. The molecule has 3 N–H and O–H groups in total. The SMILES string of the molecule is [C-]#[N+]c1cc(N)c2c(c1)OC1(CC1)CN2. The van der Waals surface area contributed by atoms with Crippen molar-refractivity contribution >= 4 is 17.1 Å². The van der Waals surface area contributed by atoms with Gasteiger partial charge in [-0.1, -0.05) is 0 Å². The van der Waals surface area contributed by atoms with Gasteiger partial charge < -0.3 is 15.8 Å². The molecule has 0 radical (unpaired) electrons. The molecule has 4 nitrogen and oxygen atoms in total. The average molecular weight is 201 g/mol. The van der Waals surface area contributed by atoms with Crippen molar-refractivity contribution in [1.29, 1.82) is 0 Å². The Hall–Kier alpha value is -1.89. The number of nitrogens with zero attached hydrogens (tertiary/aromatic N) is 1.